The third-order valence-corrected chi connectivity index (χ3v) is 2.85. The predicted octanol–water partition coefficient (Wildman–Crippen LogP) is 0.473. The fourth-order valence-electron chi connectivity index (χ4n) is 1.77. The van der Waals surface area contributed by atoms with Crippen LogP contribution in [0, 0.1) is 12.3 Å². The number of fused-ring (bicyclic) bond motifs is 1. The van der Waals surface area contributed by atoms with Gasteiger partial charge >= 0.3 is 13.1 Å². The minimum absolute atomic E-state index is 0.355. The smallest absolute Gasteiger partial charge is 0.446 e. The van der Waals surface area contributed by atoms with Crippen LogP contribution in [-0.4, -0.2) is 24.2 Å². The summed E-state index contributed by atoms with van der Waals surface area (Å²) < 4.78 is 10.2. The van der Waals surface area contributed by atoms with Gasteiger partial charge in [-0.25, -0.2) is 4.79 Å². The molecule has 1 aliphatic heterocycles. The van der Waals surface area contributed by atoms with Crippen LogP contribution in [0.1, 0.15) is 29.3 Å². The van der Waals surface area contributed by atoms with E-state index in [1.165, 1.54) is 0 Å². The molecule has 0 radical (unpaired) electrons. The summed E-state index contributed by atoms with van der Waals surface area (Å²) in [4.78, 5) is 11.8. The van der Waals surface area contributed by atoms with Crippen LogP contribution in [0.25, 0.3) is 0 Å². The van der Waals surface area contributed by atoms with Crippen molar-refractivity contribution >= 4 is 18.6 Å². The van der Waals surface area contributed by atoms with Crippen molar-refractivity contribution in [2.45, 2.75) is 26.1 Å². The second-order valence-corrected chi connectivity index (χ2v) is 4.05. The Balaban J connectivity index is 2.17. The van der Waals surface area contributed by atoms with Crippen LogP contribution in [0.4, 0.5) is 0 Å². The summed E-state index contributed by atoms with van der Waals surface area (Å²) in [6.07, 6.45) is 5.28. The molecule has 0 bridgehead atoms. The summed E-state index contributed by atoms with van der Waals surface area (Å²) in [5.74, 6) is 1.91. The molecule has 92 valence electrons. The molecule has 0 fully saturated rings. The molecule has 5 heteroatoms. The monoisotopic (exact) mass is 244 g/mol. The van der Waals surface area contributed by atoms with Crippen molar-refractivity contribution in [2.24, 2.45) is 0 Å². The van der Waals surface area contributed by atoms with Gasteiger partial charge in [-0.3, -0.25) is 0 Å². The molecule has 1 atom stereocenters. The molecule has 1 aromatic rings. The van der Waals surface area contributed by atoms with Crippen LogP contribution in [-0.2, 0) is 16.0 Å². The minimum Gasteiger partial charge on any atom is -0.446 e. The fourth-order valence-corrected chi connectivity index (χ4v) is 1.77. The number of ether oxygens (including phenoxy) is 1. The molecule has 0 saturated carbocycles. The Hall–Kier alpha value is -1.77. The van der Waals surface area contributed by atoms with E-state index >= 15 is 0 Å². The largest absolute Gasteiger partial charge is 0.491 e. The Morgan fingerprint density at radius 2 is 2.50 bits per heavy atom. The van der Waals surface area contributed by atoms with Gasteiger partial charge in [-0.2, -0.15) is 0 Å². The van der Waals surface area contributed by atoms with Crippen LogP contribution in [0.2, 0.25) is 0 Å². The van der Waals surface area contributed by atoms with Crippen molar-refractivity contribution in [3.05, 3.63) is 29.3 Å². The van der Waals surface area contributed by atoms with E-state index in [-0.39, 0.29) is 0 Å². The first kappa shape index (κ1) is 12.7. The maximum Gasteiger partial charge on any atom is 0.491 e. The van der Waals surface area contributed by atoms with Crippen molar-refractivity contribution in [3.63, 3.8) is 0 Å². The van der Waals surface area contributed by atoms with Crippen molar-refractivity contribution < 1.29 is 19.2 Å². The van der Waals surface area contributed by atoms with Gasteiger partial charge < -0.3 is 14.4 Å². The van der Waals surface area contributed by atoms with Crippen molar-refractivity contribution in [1.29, 1.82) is 0 Å². The van der Waals surface area contributed by atoms with Gasteiger partial charge in [0.15, 0.2) is 6.10 Å². The molecule has 18 heavy (non-hydrogen) atoms. The number of esters is 1. The first-order valence-corrected chi connectivity index (χ1v) is 5.75. The Morgan fingerprint density at radius 1 is 1.72 bits per heavy atom. The molecule has 1 heterocycles. The summed E-state index contributed by atoms with van der Waals surface area (Å²) in [7, 11) is -0.970. The van der Waals surface area contributed by atoms with Crippen molar-refractivity contribution in [2.75, 3.05) is 0 Å². The standard InChI is InChI=1S/C13H13BO4/c1-3-11(4-2)18-13(15)9-5-6-10-8-17-14(16)12(10)7-9/h1,5-7,11,16H,4,8H2,2H3. The van der Waals surface area contributed by atoms with E-state index in [2.05, 4.69) is 5.92 Å². The van der Waals surface area contributed by atoms with E-state index in [0.29, 0.717) is 24.1 Å². The number of hydrogen-bond acceptors (Lipinski definition) is 4. The van der Waals surface area contributed by atoms with E-state index in [0.717, 1.165) is 5.56 Å². The van der Waals surface area contributed by atoms with Gasteiger partial charge in [0.1, 0.15) is 0 Å². The SMILES string of the molecule is C#CC(CC)OC(=O)c1ccc2c(c1)B(O)OC2. The average Bonchev–Trinajstić information content (AvgIpc) is 2.77. The summed E-state index contributed by atoms with van der Waals surface area (Å²) in [5, 5.41) is 9.56. The second-order valence-electron chi connectivity index (χ2n) is 4.05. The Labute approximate surface area is 106 Å². The van der Waals surface area contributed by atoms with Crippen LogP contribution >= 0.6 is 0 Å². The lowest BCUT2D eigenvalue weighted by atomic mass is 9.79. The molecule has 4 nitrogen and oxygen atoms in total. The lowest BCUT2D eigenvalue weighted by molar-refractivity contribution is 0.0405. The summed E-state index contributed by atoms with van der Waals surface area (Å²) in [6, 6.07) is 4.98. The zero-order chi connectivity index (χ0) is 13.1. The molecule has 0 aromatic heterocycles. The lowest BCUT2D eigenvalue weighted by Crippen LogP contribution is -2.29. The Kier molecular flexibility index (Phi) is 3.70. The number of carbonyl (C=O) groups excluding carboxylic acids is 1. The average molecular weight is 244 g/mol. The molecular formula is C13H13BO4. The molecule has 0 amide bonds. The summed E-state index contributed by atoms with van der Waals surface area (Å²) in [6.45, 7) is 2.20. The van der Waals surface area contributed by atoms with Crippen LogP contribution < -0.4 is 5.46 Å². The molecule has 1 N–H and O–H groups in total. The molecule has 1 aliphatic rings. The number of rotatable bonds is 3. The highest BCUT2D eigenvalue weighted by molar-refractivity contribution is 6.61. The maximum absolute atomic E-state index is 11.8. The second kappa shape index (κ2) is 5.26. The van der Waals surface area contributed by atoms with Gasteiger partial charge in [0.2, 0.25) is 0 Å². The van der Waals surface area contributed by atoms with Crippen LogP contribution in [0.5, 0.6) is 0 Å². The van der Waals surface area contributed by atoms with E-state index < -0.39 is 19.2 Å². The zero-order valence-corrected chi connectivity index (χ0v) is 10.1. The normalized spacial score (nSPS) is 14.8. The lowest BCUT2D eigenvalue weighted by Gasteiger charge is -2.10. The van der Waals surface area contributed by atoms with E-state index in [9.17, 15) is 9.82 Å². The van der Waals surface area contributed by atoms with Gasteiger partial charge in [0.05, 0.1) is 12.2 Å². The summed E-state index contributed by atoms with van der Waals surface area (Å²) >= 11 is 0. The van der Waals surface area contributed by atoms with E-state index in [4.69, 9.17) is 15.8 Å². The first-order chi connectivity index (χ1) is 8.65. The number of hydrogen-bond donors (Lipinski definition) is 1. The first-order valence-electron chi connectivity index (χ1n) is 5.75. The highest BCUT2D eigenvalue weighted by Gasteiger charge is 2.28. The maximum atomic E-state index is 11.8. The van der Waals surface area contributed by atoms with Gasteiger partial charge in [0, 0.05) is 0 Å². The number of terminal acetylenes is 1. The quantitative estimate of drug-likeness (QED) is 0.477. The van der Waals surface area contributed by atoms with E-state index in [1.54, 1.807) is 18.2 Å². The van der Waals surface area contributed by atoms with Crippen molar-refractivity contribution in [1.82, 2.24) is 0 Å². The van der Waals surface area contributed by atoms with Crippen LogP contribution in [0.15, 0.2) is 18.2 Å². The zero-order valence-electron chi connectivity index (χ0n) is 10.1. The Bertz CT molecular complexity index is 506. The molecule has 0 saturated heterocycles. The Morgan fingerprint density at radius 3 is 3.17 bits per heavy atom. The number of benzene rings is 1. The topological polar surface area (TPSA) is 55.8 Å². The van der Waals surface area contributed by atoms with Gasteiger partial charge in [-0.15, -0.1) is 6.42 Å². The molecule has 0 aliphatic carbocycles. The molecule has 1 aromatic carbocycles. The third-order valence-electron chi connectivity index (χ3n) is 2.85. The minimum atomic E-state index is -0.970. The third kappa shape index (κ3) is 2.40. The molecular weight excluding hydrogens is 231 g/mol. The van der Waals surface area contributed by atoms with Gasteiger partial charge in [-0.05, 0) is 29.6 Å². The van der Waals surface area contributed by atoms with Gasteiger partial charge in [0.25, 0.3) is 0 Å². The highest BCUT2D eigenvalue weighted by atomic mass is 16.5. The number of carbonyl (C=O) groups is 1. The predicted molar refractivity (Wildman–Crippen MR) is 67.2 cm³/mol. The van der Waals surface area contributed by atoms with Crippen molar-refractivity contribution in [3.8, 4) is 12.3 Å². The van der Waals surface area contributed by atoms with E-state index in [1.807, 2.05) is 6.92 Å². The summed E-state index contributed by atoms with van der Waals surface area (Å²) in [5.41, 5.74) is 1.85. The fraction of sp³-hybridized carbons (Fsp3) is 0.308. The molecule has 1 unspecified atom stereocenters. The van der Waals surface area contributed by atoms with Gasteiger partial charge in [-0.1, -0.05) is 18.9 Å². The highest BCUT2D eigenvalue weighted by Crippen LogP contribution is 2.13. The molecule has 0 spiro atoms. The van der Waals surface area contributed by atoms with Crippen LogP contribution in [0.3, 0.4) is 0 Å². The molecule has 2 rings (SSSR count).